The van der Waals surface area contributed by atoms with Crippen molar-refractivity contribution >= 4 is 38.6 Å². The summed E-state index contributed by atoms with van der Waals surface area (Å²) >= 11 is 5.42. The molecule has 2 heterocycles. The van der Waals surface area contributed by atoms with Crippen molar-refractivity contribution in [2.45, 2.75) is 22.8 Å². The van der Waals surface area contributed by atoms with Crippen molar-refractivity contribution in [3.63, 3.8) is 0 Å². The lowest BCUT2D eigenvalue weighted by atomic mass is 10.1. The first-order valence-corrected chi connectivity index (χ1v) is 11.3. The van der Waals surface area contributed by atoms with Crippen LogP contribution in [0.1, 0.15) is 12.0 Å². The van der Waals surface area contributed by atoms with Gasteiger partial charge in [-0.2, -0.15) is 0 Å². The van der Waals surface area contributed by atoms with Crippen LogP contribution in [0.4, 0.5) is 0 Å². The summed E-state index contributed by atoms with van der Waals surface area (Å²) in [6.45, 7) is 5.79. The largest absolute Gasteiger partial charge is 0.338 e. The molecule has 0 atom stereocenters. The number of nitrogens with one attached hydrogen (secondary N) is 1. The van der Waals surface area contributed by atoms with E-state index in [1.165, 1.54) is 52.4 Å². The van der Waals surface area contributed by atoms with Crippen LogP contribution >= 0.6 is 27.7 Å². The van der Waals surface area contributed by atoms with Crippen molar-refractivity contribution in [2.75, 3.05) is 32.7 Å². The van der Waals surface area contributed by atoms with E-state index in [-0.39, 0.29) is 0 Å². The molecule has 0 bridgehead atoms. The third kappa shape index (κ3) is 4.43. The number of nitrogens with zero attached hydrogens (tertiary/aromatic N) is 2. The normalized spacial score (nSPS) is 15.5. The van der Waals surface area contributed by atoms with Crippen molar-refractivity contribution in [3.05, 3.63) is 58.6 Å². The van der Waals surface area contributed by atoms with Crippen LogP contribution < -0.4 is 5.32 Å². The summed E-state index contributed by atoms with van der Waals surface area (Å²) in [5, 5.41) is 6.22. The molecule has 1 aliphatic heterocycles. The fourth-order valence-electron chi connectivity index (χ4n) is 3.85. The highest BCUT2D eigenvalue weighted by atomic mass is 79.9. The number of benzene rings is 2. The first kappa shape index (κ1) is 19.1. The maximum Gasteiger partial charge on any atom is 0.0837 e. The topological polar surface area (TPSA) is 20.2 Å². The van der Waals surface area contributed by atoms with Crippen LogP contribution in [-0.4, -0.2) is 42.2 Å². The van der Waals surface area contributed by atoms with Gasteiger partial charge in [0.1, 0.15) is 0 Å². The Labute approximate surface area is 174 Å². The molecule has 5 heteroatoms. The molecule has 0 spiro atoms. The number of rotatable bonds is 6. The molecule has 0 radical (unpaired) electrons. The van der Waals surface area contributed by atoms with E-state index in [9.17, 15) is 0 Å². The summed E-state index contributed by atoms with van der Waals surface area (Å²) < 4.78 is 3.49. The Balaban J connectivity index is 1.58. The quantitative estimate of drug-likeness (QED) is 0.582. The Hall–Kier alpha value is -1.27. The predicted octanol–water partition coefficient (Wildman–Crippen LogP) is 4.93. The summed E-state index contributed by atoms with van der Waals surface area (Å²) in [5.41, 5.74) is 2.82. The first-order chi connectivity index (χ1) is 13.2. The van der Waals surface area contributed by atoms with E-state index in [1.54, 1.807) is 0 Å². The maximum atomic E-state index is 3.54. The second kappa shape index (κ2) is 8.82. The molecule has 0 unspecified atom stereocenters. The molecule has 0 amide bonds. The lowest BCUT2D eigenvalue weighted by Crippen LogP contribution is -2.43. The molecule has 0 saturated carbocycles. The lowest BCUT2D eigenvalue weighted by Gasteiger charge is -2.27. The molecular weight excluding hydrogens is 418 g/mol. The second-order valence-corrected chi connectivity index (χ2v) is 9.09. The summed E-state index contributed by atoms with van der Waals surface area (Å²) in [4.78, 5) is 3.87. The van der Waals surface area contributed by atoms with Gasteiger partial charge in [0.05, 0.1) is 5.03 Å². The number of aromatic nitrogens is 1. The minimum absolute atomic E-state index is 1.12. The minimum Gasteiger partial charge on any atom is -0.338 e. The van der Waals surface area contributed by atoms with E-state index in [1.807, 2.05) is 11.8 Å². The van der Waals surface area contributed by atoms with Crippen molar-refractivity contribution in [1.82, 2.24) is 14.8 Å². The minimum atomic E-state index is 1.12. The molecule has 142 valence electrons. The van der Waals surface area contributed by atoms with Crippen LogP contribution in [0.15, 0.2) is 62.9 Å². The summed E-state index contributed by atoms with van der Waals surface area (Å²) in [6.07, 6.45) is 2.34. The van der Waals surface area contributed by atoms with Crippen molar-refractivity contribution in [3.8, 4) is 0 Å². The van der Waals surface area contributed by atoms with Gasteiger partial charge in [-0.3, -0.25) is 0 Å². The molecule has 1 aromatic heterocycles. The monoisotopic (exact) mass is 443 g/mol. The fourth-order valence-corrected chi connectivity index (χ4v) is 5.18. The van der Waals surface area contributed by atoms with Crippen LogP contribution in [0.2, 0.25) is 0 Å². The van der Waals surface area contributed by atoms with Gasteiger partial charge in [0, 0.05) is 53.5 Å². The van der Waals surface area contributed by atoms with Gasteiger partial charge in [0.2, 0.25) is 0 Å². The third-order valence-corrected chi connectivity index (χ3v) is 7.04. The molecule has 3 nitrogen and oxygen atoms in total. The Bertz CT molecular complexity index is 898. The maximum absolute atomic E-state index is 3.54. The van der Waals surface area contributed by atoms with Crippen LogP contribution in [0.5, 0.6) is 0 Å². The SMILES string of the molecule is Cn1c(Sc2ccc(Br)cc2)c(CCCN2CCNCC2)c2ccccc21. The number of para-hydroxylation sites is 1. The number of hydrogen-bond acceptors (Lipinski definition) is 3. The fraction of sp³-hybridized carbons (Fsp3) is 0.364. The molecule has 0 aliphatic carbocycles. The number of piperazine rings is 1. The van der Waals surface area contributed by atoms with Crippen molar-refractivity contribution in [2.24, 2.45) is 7.05 Å². The molecule has 1 N–H and O–H groups in total. The van der Waals surface area contributed by atoms with Gasteiger partial charge >= 0.3 is 0 Å². The molecule has 27 heavy (non-hydrogen) atoms. The number of fused-ring (bicyclic) bond motifs is 1. The van der Waals surface area contributed by atoms with Gasteiger partial charge in [-0.05, 0) is 55.3 Å². The molecule has 1 saturated heterocycles. The van der Waals surface area contributed by atoms with E-state index in [4.69, 9.17) is 0 Å². The van der Waals surface area contributed by atoms with Crippen LogP contribution in [0, 0.1) is 0 Å². The highest BCUT2D eigenvalue weighted by molar-refractivity contribution is 9.10. The van der Waals surface area contributed by atoms with E-state index >= 15 is 0 Å². The molecule has 3 aromatic rings. The summed E-state index contributed by atoms with van der Waals surface area (Å²) in [5.74, 6) is 0. The van der Waals surface area contributed by atoms with E-state index in [2.05, 4.69) is 86.3 Å². The standard InChI is InChI=1S/C22H26BrN3S/c1-25-21-7-3-2-5-19(21)20(6-4-14-26-15-12-24-13-16-26)22(25)27-18-10-8-17(23)9-11-18/h2-3,5,7-11,24H,4,6,12-16H2,1H3. The zero-order chi connectivity index (χ0) is 18.6. The van der Waals surface area contributed by atoms with Crippen LogP contribution in [0.25, 0.3) is 10.9 Å². The first-order valence-electron chi connectivity index (χ1n) is 9.65. The number of hydrogen-bond donors (Lipinski definition) is 1. The van der Waals surface area contributed by atoms with Gasteiger partial charge in [-0.1, -0.05) is 45.9 Å². The number of aryl methyl sites for hydroxylation is 2. The molecule has 2 aromatic carbocycles. The molecular formula is C22H26BrN3S. The Morgan fingerprint density at radius 2 is 1.78 bits per heavy atom. The highest BCUT2D eigenvalue weighted by Crippen LogP contribution is 2.37. The smallest absolute Gasteiger partial charge is 0.0837 e. The molecule has 1 aliphatic rings. The summed E-state index contributed by atoms with van der Waals surface area (Å²) in [7, 11) is 2.20. The molecule has 1 fully saturated rings. The van der Waals surface area contributed by atoms with Crippen molar-refractivity contribution in [1.29, 1.82) is 0 Å². The van der Waals surface area contributed by atoms with E-state index < -0.39 is 0 Å². The van der Waals surface area contributed by atoms with E-state index in [0.717, 1.165) is 24.0 Å². The average Bonchev–Trinajstić information content (AvgIpc) is 2.97. The lowest BCUT2D eigenvalue weighted by molar-refractivity contribution is 0.238. The van der Waals surface area contributed by atoms with Gasteiger partial charge in [-0.15, -0.1) is 0 Å². The number of halogens is 1. The molecule has 4 rings (SSSR count). The van der Waals surface area contributed by atoms with Gasteiger partial charge in [-0.25, -0.2) is 0 Å². The van der Waals surface area contributed by atoms with Gasteiger partial charge in [0.25, 0.3) is 0 Å². The zero-order valence-corrected chi connectivity index (χ0v) is 18.2. The van der Waals surface area contributed by atoms with Crippen LogP contribution in [-0.2, 0) is 13.5 Å². The average molecular weight is 444 g/mol. The van der Waals surface area contributed by atoms with Crippen molar-refractivity contribution < 1.29 is 0 Å². The van der Waals surface area contributed by atoms with E-state index in [0.29, 0.717) is 0 Å². The third-order valence-electron chi connectivity index (χ3n) is 5.29. The van der Waals surface area contributed by atoms with Gasteiger partial charge in [0.15, 0.2) is 0 Å². The Morgan fingerprint density at radius 3 is 2.56 bits per heavy atom. The summed E-state index contributed by atoms with van der Waals surface area (Å²) in [6, 6.07) is 17.4. The second-order valence-electron chi connectivity index (χ2n) is 7.11. The highest BCUT2D eigenvalue weighted by Gasteiger charge is 2.17. The van der Waals surface area contributed by atoms with Crippen LogP contribution in [0.3, 0.4) is 0 Å². The zero-order valence-electron chi connectivity index (χ0n) is 15.7. The Morgan fingerprint density at radius 1 is 1.04 bits per heavy atom. The predicted molar refractivity (Wildman–Crippen MR) is 119 cm³/mol. The Kier molecular flexibility index (Phi) is 6.23. The van der Waals surface area contributed by atoms with Gasteiger partial charge < -0.3 is 14.8 Å².